The van der Waals surface area contributed by atoms with Crippen LogP contribution in [0.5, 0.6) is 5.75 Å². The van der Waals surface area contributed by atoms with E-state index in [1.165, 1.54) is 5.56 Å². The van der Waals surface area contributed by atoms with Crippen molar-refractivity contribution in [1.82, 2.24) is 10.2 Å². The van der Waals surface area contributed by atoms with Crippen molar-refractivity contribution in [3.8, 4) is 5.75 Å². The first-order valence-electron chi connectivity index (χ1n) is 9.61. The number of esters is 1. The van der Waals surface area contributed by atoms with Crippen molar-refractivity contribution in [3.05, 3.63) is 65.7 Å². The zero-order valence-corrected chi connectivity index (χ0v) is 16.9. The number of nitrogens with one attached hydrogen (secondary N) is 1. The maximum atomic E-state index is 12.9. The summed E-state index contributed by atoms with van der Waals surface area (Å²) >= 11 is 5.68. The molecule has 0 spiro atoms. The van der Waals surface area contributed by atoms with E-state index in [-0.39, 0.29) is 12.0 Å². The fourth-order valence-corrected chi connectivity index (χ4v) is 4.60. The van der Waals surface area contributed by atoms with Gasteiger partial charge in [-0.25, -0.2) is 0 Å². The standard InChI is InChI=1S/C22H24N2O3S/c1-3-26-20(25)18-19-16-11-7-8-12-17(16)27-22(18,2)24(21(28)23-19)14-13-15-9-5-4-6-10-15/h4-12,18-19H,3,13-14H2,1-2H3,(H,23,28)/t18-,19+,22-/m0/s1. The van der Waals surface area contributed by atoms with E-state index in [9.17, 15) is 4.79 Å². The molecular weight excluding hydrogens is 372 g/mol. The molecule has 2 heterocycles. The van der Waals surface area contributed by atoms with Crippen molar-refractivity contribution in [2.45, 2.75) is 32.0 Å². The average Bonchev–Trinajstić information content (AvgIpc) is 2.68. The van der Waals surface area contributed by atoms with Crippen LogP contribution in [0.2, 0.25) is 0 Å². The van der Waals surface area contributed by atoms with Gasteiger partial charge in [0.25, 0.3) is 0 Å². The molecule has 6 heteroatoms. The highest BCUT2D eigenvalue weighted by molar-refractivity contribution is 7.80. The first-order valence-corrected chi connectivity index (χ1v) is 10.0. The molecule has 0 unspecified atom stereocenters. The highest BCUT2D eigenvalue weighted by atomic mass is 32.1. The van der Waals surface area contributed by atoms with Crippen LogP contribution in [0.4, 0.5) is 0 Å². The molecular formula is C22H24N2O3S. The van der Waals surface area contributed by atoms with E-state index < -0.39 is 11.6 Å². The highest BCUT2D eigenvalue weighted by Gasteiger charge is 2.59. The van der Waals surface area contributed by atoms with E-state index in [1.54, 1.807) is 0 Å². The minimum Gasteiger partial charge on any atom is -0.467 e. The third kappa shape index (κ3) is 3.11. The number of fused-ring (bicyclic) bond motifs is 4. The monoisotopic (exact) mass is 396 g/mol. The van der Waals surface area contributed by atoms with E-state index in [2.05, 4.69) is 17.4 Å². The van der Waals surface area contributed by atoms with Crippen LogP contribution in [0.15, 0.2) is 54.6 Å². The molecule has 1 fully saturated rings. The Morgan fingerprint density at radius 1 is 1.21 bits per heavy atom. The Balaban J connectivity index is 1.70. The molecule has 146 valence electrons. The molecule has 0 aromatic heterocycles. The fraction of sp³-hybridized carbons (Fsp3) is 0.364. The minimum absolute atomic E-state index is 0.269. The van der Waals surface area contributed by atoms with Crippen LogP contribution in [-0.2, 0) is 16.0 Å². The molecule has 3 atom stereocenters. The number of hydrogen-bond donors (Lipinski definition) is 1. The van der Waals surface area contributed by atoms with Gasteiger partial charge in [0.2, 0.25) is 0 Å². The number of ether oxygens (including phenoxy) is 2. The summed E-state index contributed by atoms with van der Waals surface area (Å²) in [7, 11) is 0. The lowest BCUT2D eigenvalue weighted by atomic mass is 9.79. The number of thiocarbonyl (C=S) groups is 1. The molecule has 28 heavy (non-hydrogen) atoms. The third-order valence-electron chi connectivity index (χ3n) is 5.55. The molecule has 0 saturated carbocycles. The summed E-state index contributed by atoms with van der Waals surface area (Å²) in [6.45, 7) is 4.72. The summed E-state index contributed by atoms with van der Waals surface area (Å²) in [6.07, 6.45) is 0.795. The predicted octanol–water partition coefficient (Wildman–Crippen LogP) is 3.45. The lowest BCUT2D eigenvalue weighted by molar-refractivity contribution is -0.175. The molecule has 2 aromatic carbocycles. The van der Waals surface area contributed by atoms with Gasteiger partial charge < -0.3 is 19.7 Å². The summed E-state index contributed by atoms with van der Waals surface area (Å²) in [5.41, 5.74) is 1.23. The molecule has 2 aliphatic rings. The van der Waals surface area contributed by atoms with Gasteiger partial charge in [-0.15, -0.1) is 0 Å². The van der Waals surface area contributed by atoms with Gasteiger partial charge >= 0.3 is 5.97 Å². The van der Waals surface area contributed by atoms with Gasteiger partial charge in [0.15, 0.2) is 10.8 Å². The van der Waals surface area contributed by atoms with Crippen molar-refractivity contribution in [2.24, 2.45) is 5.92 Å². The van der Waals surface area contributed by atoms with Crippen molar-refractivity contribution in [2.75, 3.05) is 13.2 Å². The van der Waals surface area contributed by atoms with Crippen LogP contribution in [0, 0.1) is 5.92 Å². The average molecular weight is 397 g/mol. The lowest BCUT2D eigenvalue weighted by Gasteiger charge is -2.55. The Morgan fingerprint density at radius 3 is 2.68 bits per heavy atom. The minimum atomic E-state index is -0.914. The molecule has 5 nitrogen and oxygen atoms in total. The fourth-order valence-electron chi connectivity index (χ4n) is 4.20. The van der Waals surface area contributed by atoms with Crippen molar-refractivity contribution >= 4 is 23.3 Å². The summed E-state index contributed by atoms with van der Waals surface area (Å²) in [6, 6.07) is 17.7. The maximum Gasteiger partial charge on any atom is 0.317 e. The Kier molecular flexibility index (Phi) is 4.98. The van der Waals surface area contributed by atoms with Crippen molar-refractivity contribution in [1.29, 1.82) is 0 Å². The number of benzene rings is 2. The molecule has 1 N–H and O–H groups in total. The Labute approximate surface area is 170 Å². The first-order chi connectivity index (χ1) is 13.5. The van der Waals surface area contributed by atoms with Gasteiger partial charge in [-0.1, -0.05) is 48.5 Å². The van der Waals surface area contributed by atoms with Gasteiger partial charge in [0, 0.05) is 12.1 Å². The quantitative estimate of drug-likeness (QED) is 0.617. The zero-order valence-electron chi connectivity index (χ0n) is 16.1. The van der Waals surface area contributed by atoms with E-state index in [1.807, 2.05) is 61.2 Å². The second-order valence-corrected chi connectivity index (χ2v) is 7.63. The van der Waals surface area contributed by atoms with Gasteiger partial charge in [0.05, 0.1) is 12.6 Å². The number of carbonyl (C=O) groups is 1. The highest BCUT2D eigenvalue weighted by Crippen LogP contribution is 2.48. The number of para-hydroxylation sites is 1. The smallest absolute Gasteiger partial charge is 0.317 e. The van der Waals surface area contributed by atoms with Gasteiger partial charge in [-0.2, -0.15) is 0 Å². The van der Waals surface area contributed by atoms with Crippen LogP contribution in [-0.4, -0.2) is 34.9 Å². The van der Waals surface area contributed by atoms with Crippen LogP contribution < -0.4 is 10.1 Å². The van der Waals surface area contributed by atoms with E-state index >= 15 is 0 Å². The second-order valence-electron chi connectivity index (χ2n) is 7.24. The third-order valence-corrected chi connectivity index (χ3v) is 5.89. The number of nitrogens with zero attached hydrogens (tertiary/aromatic N) is 1. The molecule has 1 saturated heterocycles. The van der Waals surface area contributed by atoms with Crippen LogP contribution in [0.25, 0.3) is 0 Å². The summed E-state index contributed by atoms with van der Waals surface area (Å²) in [5.74, 6) is -0.0238. The molecule has 0 amide bonds. The molecule has 2 aliphatic heterocycles. The second kappa shape index (κ2) is 7.43. The Morgan fingerprint density at radius 2 is 1.93 bits per heavy atom. The van der Waals surface area contributed by atoms with Gasteiger partial charge in [-0.05, 0) is 44.1 Å². The van der Waals surface area contributed by atoms with Gasteiger partial charge in [0.1, 0.15) is 11.7 Å². The van der Waals surface area contributed by atoms with Gasteiger partial charge in [-0.3, -0.25) is 4.79 Å². The summed E-state index contributed by atoms with van der Waals surface area (Å²) < 4.78 is 11.9. The topological polar surface area (TPSA) is 50.8 Å². The molecule has 0 aliphatic carbocycles. The van der Waals surface area contributed by atoms with E-state index in [4.69, 9.17) is 21.7 Å². The largest absolute Gasteiger partial charge is 0.467 e. The maximum absolute atomic E-state index is 12.9. The van der Waals surface area contributed by atoms with Crippen LogP contribution in [0.3, 0.4) is 0 Å². The zero-order chi connectivity index (χ0) is 19.7. The van der Waals surface area contributed by atoms with Crippen LogP contribution in [0.1, 0.15) is 31.0 Å². The Bertz CT molecular complexity index is 888. The van der Waals surface area contributed by atoms with E-state index in [0.29, 0.717) is 18.3 Å². The molecule has 4 rings (SSSR count). The number of rotatable bonds is 5. The molecule has 2 bridgehead atoms. The van der Waals surface area contributed by atoms with E-state index in [0.717, 1.165) is 17.7 Å². The predicted molar refractivity (Wildman–Crippen MR) is 111 cm³/mol. The first kappa shape index (κ1) is 18.7. The Hall–Kier alpha value is -2.60. The normalized spacial score (nSPS) is 25.4. The lowest BCUT2D eigenvalue weighted by Crippen LogP contribution is -2.71. The van der Waals surface area contributed by atoms with Crippen molar-refractivity contribution in [3.63, 3.8) is 0 Å². The summed E-state index contributed by atoms with van der Waals surface area (Å²) in [5, 5.41) is 3.98. The number of carbonyl (C=O) groups excluding carboxylic acids is 1. The molecule has 2 aromatic rings. The van der Waals surface area contributed by atoms with Crippen molar-refractivity contribution < 1.29 is 14.3 Å². The summed E-state index contributed by atoms with van der Waals surface area (Å²) in [4.78, 5) is 14.9. The van der Waals surface area contributed by atoms with Crippen LogP contribution >= 0.6 is 12.2 Å². The number of hydrogen-bond acceptors (Lipinski definition) is 4. The SMILES string of the molecule is CCOC(=O)[C@@H]1[C@@H]2NC(=S)N(CCc3ccccc3)[C@@]1(C)Oc1ccccc12. The molecule has 0 radical (unpaired) electrons.